The molecule has 6 nitrogen and oxygen atoms in total. The number of ether oxygens (including phenoxy) is 2. The standard InChI is InChI=1S/C26H25ClN2O4/c1-32-24-16-19-12-14-28(13-6-9-18-7-3-4-11-23(18)29(30)31)26(22(19)17-25(24)33-2)20-8-5-10-21(27)15-20/h3-11,15-17,26H,12-14H2,1-2H3/b9-6+. The van der Waals surface area contributed by atoms with Crippen LogP contribution in [-0.2, 0) is 6.42 Å². The Kier molecular flexibility index (Phi) is 6.96. The third-order valence-corrected chi connectivity index (χ3v) is 6.14. The molecule has 170 valence electrons. The van der Waals surface area contributed by atoms with Crippen LogP contribution in [0.15, 0.2) is 66.7 Å². The van der Waals surface area contributed by atoms with E-state index in [2.05, 4.69) is 11.0 Å². The predicted octanol–water partition coefficient (Wildman–Crippen LogP) is 5.93. The first-order valence-corrected chi connectivity index (χ1v) is 11.0. The molecule has 3 aromatic carbocycles. The van der Waals surface area contributed by atoms with Gasteiger partial charge in [-0.3, -0.25) is 15.0 Å². The van der Waals surface area contributed by atoms with Gasteiger partial charge in [0.05, 0.1) is 30.7 Å². The molecule has 1 aliphatic heterocycles. The fourth-order valence-corrected chi connectivity index (χ4v) is 4.57. The summed E-state index contributed by atoms with van der Waals surface area (Å²) in [6.07, 6.45) is 4.65. The second-order valence-corrected chi connectivity index (χ2v) is 8.26. The van der Waals surface area contributed by atoms with Gasteiger partial charge in [0.1, 0.15) is 0 Å². The number of hydrogen-bond acceptors (Lipinski definition) is 5. The molecule has 0 N–H and O–H groups in total. The minimum atomic E-state index is -0.356. The van der Waals surface area contributed by atoms with Gasteiger partial charge in [-0.05, 0) is 53.4 Å². The molecule has 0 amide bonds. The lowest BCUT2D eigenvalue weighted by Crippen LogP contribution is -2.36. The Bertz CT molecular complexity index is 1190. The van der Waals surface area contributed by atoms with Crippen LogP contribution in [0.1, 0.15) is 28.3 Å². The van der Waals surface area contributed by atoms with Crippen molar-refractivity contribution in [3.8, 4) is 11.5 Å². The Morgan fingerprint density at radius 3 is 2.58 bits per heavy atom. The van der Waals surface area contributed by atoms with Gasteiger partial charge < -0.3 is 9.47 Å². The van der Waals surface area contributed by atoms with E-state index in [9.17, 15) is 10.1 Å². The van der Waals surface area contributed by atoms with Gasteiger partial charge in [-0.2, -0.15) is 0 Å². The predicted molar refractivity (Wildman–Crippen MR) is 130 cm³/mol. The fourth-order valence-electron chi connectivity index (χ4n) is 4.37. The van der Waals surface area contributed by atoms with Crippen molar-refractivity contribution in [1.29, 1.82) is 0 Å². The molecule has 1 aliphatic rings. The summed E-state index contributed by atoms with van der Waals surface area (Å²) in [7, 11) is 3.27. The molecule has 0 aromatic heterocycles. The van der Waals surface area contributed by atoms with E-state index in [0.29, 0.717) is 28.6 Å². The van der Waals surface area contributed by atoms with Crippen LogP contribution in [0.2, 0.25) is 5.02 Å². The molecule has 7 heteroatoms. The molecule has 0 radical (unpaired) electrons. The van der Waals surface area contributed by atoms with Crippen LogP contribution in [0.25, 0.3) is 6.08 Å². The molecule has 0 fully saturated rings. The van der Waals surface area contributed by atoms with Crippen molar-refractivity contribution in [1.82, 2.24) is 4.90 Å². The van der Waals surface area contributed by atoms with Crippen LogP contribution in [0.5, 0.6) is 11.5 Å². The third kappa shape index (κ3) is 4.87. The Balaban J connectivity index is 1.70. The number of halogens is 1. The molecular formula is C26H25ClN2O4. The summed E-state index contributed by atoms with van der Waals surface area (Å²) in [5.41, 5.74) is 4.11. The van der Waals surface area contributed by atoms with E-state index in [4.69, 9.17) is 21.1 Å². The fraction of sp³-hybridized carbons (Fsp3) is 0.231. The normalized spacial score (nSPS) is 15.9. The van der Waals surface area contributed by atoms with Crippen LogP contribution in [-0.4, -0.2) is 37.1 Å². The van der Waals surface area contributed by atoms with Crippen LogP contribution < -0.4 is 9.47 Å². The number of methoxy groups -OCH3 is 2. The van der Waals surface area contributed by atoms with Gasteiger partial charge in [-0.25, -0.2) is 0 Å². The van der Waals surface area contributed by atoms with E-state index >= 15 is 0 Å². The zero-order chi connectivity index (χ0) is 23.4. The summed E-state index contributed by atoms with van der Waals surface area (Å²) in [5, 5.41) is 12.0. The summed E-state index contributed by atoms with van der Waals surface area (Å²) in [6, 6.07) is 18.7. The highest BCUT2D eigenvalue weighted by Crippen LogP contribution is 2.41. The first-order valence-electron chi connectivity index (χ1n) is 10.7. The minimum Gasteiger partial charge on any atom is -0.493 e. The van der Waals surface area contributed by atoms with Gasteiger partial charge in [0.25, 0.3) is 5.69 Å². The average molecular weight is 465 g/mol. The number of fused-ring (bicyclic) bond motifs is 1. The van der Waals surface area contributed by atoms with Crippen LogP contribution in [0, 0.1) is 10.1 Å². The monoisotopic (exact) mass is 464 g/mol. The summed E-state index contributed by atoms with van der Waals surface area (Å²) in [6.45, 7) is 1.44. The molecule has 0 saturated heterocycles. The van der Waals surface area contributed by atoms with Gasteiger partial charge in [0, 0.05) is 24.2 Å². The van der Waals surface area contributed by atoms with Gasteiger partial charge in [0.15, 0.2) is 11.5 Å². The molecular weight excluding hydrogens is 440 g/mol. The molecule has 0 bridgehead atoms. The first-order chi connectivity index (χ1) is 16.0. The second kappa shape index (κ2) is 10.1. The van der Waals surface area contributed by atoms with Crippen molar-refractivity contribution < 1.29 is 14.4 Å². The number of rotatable bonds is 7. The molecule has 4 rings (SSSR count). The van der Waals surface area contributed by atoms with E-state index in [1.807, 2.05) is 42.5 Å². The number of hydrogen-bond donors (Lipinski definition) is 0. The Morgan fingerprint density at radius 2 is 1.85 bits per heavy atom. The van der Waals surface area contributed by atoms with Crippen LogP contribution in [0.3, 0.4) is 0 Å². The Morgan fingerprint density at radius 1 is 1.09 bits per heavy atom. The third-order valence-electron chi connectivity index (χ3n) is 5.91. The molecule has 0 spiro atoms. The maximum atomic E-state index is 11.3. The van der Waals surface area contributed by atoms with Crippen molar-refractivity contribution in [2.75, 3.05) is 27.3 Å². The van der Waals surface area contributed by atoms with Gasteiger partial charge in [0.2, 0.25) is 0 Å². The molecule has 1 heterocycles. The summed E-state index contributed by atoms with van der Waals surface area (Å²) < 4.78 is 11.1. The Labute approximate surface area is 198 Å². The SMILES string of the molecule is COc1cc2c(cc1OC)C(c1cccc(Cl)c1)N(C/C=C/c1ccccc1[N+](=O)[O-])CC2. The van der Waals surface area contributed by atoms with Crippen molar-refractivity contribution >= 4 is 23.4 Å². The summed E-state index contributed by atoms with van der Waals surface area (Å²) in [4.78, 5) is 13.3. The van der Waals surface area contributed by atoms with Crippen molar-refractivity contribution in [2.24, 2.45) is 0 Å². The van der Waals surface area contributed by atoms with Gasteiger partial charge >= 0.3 is 0 Å². The number of nitro benzene ring substituents is 1. The molecule has 3 aromatic rings. The van der Waals surface area contributed by atoms with Crippen molar-refractivity contribution in [2.45, 2.75) is 12.5 Å². The van der Waals surface area contributed by atoms with E-state index in [-0.39, 0.29) is 16.7 Å². The lowest BCUT2D eigenvalue weighted by Gasteiger charge is -2.37. The zero-order valence-corrected chi connectivity index (χ0v) is 19.3. The number of para-hydroxylation sites is 1. The average Bonchev–Trinajstić information content (AvgIpc) is 2.83. The minimum absolute atomic E-state index is 0.0392. The van der Waals surface area contributed by atoms with Crippen LogP contribution >= 0.6 is 11.6 Å². The van der Waals surface area contributed by atoms with E-state index < -0.39 is 0 Å². The highest BCUT2D eigenvalue weighted by atomic mass is 35.5. The van der Waals surface area contributed by atoms with E-state index in [1.165, 1.54) is 11.6 Å². The van der Waals surface area contributed by atoms with Crippen molar-refractivity contribution in [3.63, 3.8) is 0 Å². The zero-order valence-electron chi connectivity index (χ0n) is 18.5. The maximum absolute atomic E-state index is 11.3. The summed E-state index contributed by atoms with van der Waals surface area (Å²) in [5.74, 6) is 1.39. The molecule has 0 saturated carbocycles. The highest BCUT2D eigenvalue weighted by Gasteiger charge is 2.30. The second-order valence-electron chi connectivity index (χ2n) is 7.83. The highest BCUT2D eigenvalue weighted by molar-refractivity contribution is 6.30. The smallest absolute Gasteiger partial charge is 0.276 e. The van der Waals surface area contributed by atoms with Gasteiger partial charge in [-0.1, -0.05) is 48.0 Å². The van der Waals surface area contributed by atoms with Crippen LogP contribution in [0.4, 0.5) is 5.69 Å². The first kappa shape index (κ1) is 22.8. The Hall–Kier alpha value is -3.35. The van der Waals surface area contributed by atoms with Crippen molar-refractivity contribution in [3.05, 3.63) is 104 Å². The molecule has 1 atom stereocenters. The number of nitrogens with zero attached hydrogens (tertiary/aromatic N) is 2. The van der Waals surface area contributed by atoms with E-state index in [0.717, 1.165) is 24.1 Å². The number of benzene rings is 3. The summed E-state index contributed by atoms with van der Waals surface area (Å²) >= 11 is 6.34. The lowest BCUT2D eigenvalue weighted by atomic mass is 9.87. The van der Waals surface area contributed by atoms with Gasteiger partial charge in [-0.15, -0.1) is 0 Å². The number of nitro groups is 1. The quantitative estimate of drug-likeness (QED) is 0.320. The molecule has 1 unspecified atom stereocenters. The lowest BCUT2D eigenvalue weighted by molar-refractivity contribution is -0.385. The van der Waals surface area contributed by atoms with E-state index in [1.54, 1.807) is 32.4 Å². The molecule has 0 aliphatic carbocycles. The largest absolute Gasteiger partial charge is 0.493 e. The topological polar surface area (TPSA) is 64.8 Å². The molecule has 33 heavy (non-hydrogen) atoms. The maximum Gasteiger partial charge on any atom is 0.276 e.